The highest BCUT2D eigenvalue weighted by atomic mass is 16.1. The number of carbonyl (C=O) groups excluding carboxylic acids is 1. The molecule has 6 heteroatoms. The van der Waals surface area contributed by atoms with Gasteiger partial charge in [0.05, 0.1) is 16.6 Å². The van der Waals surface area contributed by atoms with Crippen LogP contribution in [-0.2, 0) is 0 Å². The molecule has 0 fully saturated rings. The largest absolute Gasteiger partial charge is 0.398 e. The third-order valence-electron chi connectivity index (χ3n) is 3.48. The molecular weight excluding hydrogens is 278 g/mol. The van der Waals surface area contributed by atoms with Crippen LogP contribution in [0.1, 0.15) is 21.7 Å². The topological polar surface area (TPSA) is 109 Å². The van der Waals surface area contributed by atoms with E-state index in [1.54, 1.807) is 31.3 Å². The number of amides is 1. The van der Waals surface area contributed by atoms with Crippen LogP contribution < -0.4 is 16.5 Å². The summed E-state index contributed by atoms with van der Waals surface area (Å²) in [6.07, 6.45) is 0. The molecule has 1 aromatic heterocycles. The summed E-state index contributed by atoms with van der Waals surface area (Å²) in [7, 11) is 1.59. The molecule has 3 aromatic rings. The minimum absolute atomic E-state index is 0.151. The molecular formula is C16H16N5O+. The van der Waals surface area contributed by atoms with Gasteiger partial charge in [0.15, 0.2) is 0 Å². The Kier molecular flexibility index (Phi) is 3.34. The van der Waals surface area contributed by atoms with Gasteiger partial charge in [-0.25, -0.2) is 4.98 Å². The normalized spacial score (nSPS) is 10.6. The van der Waals surface area contributed by atoms with Gasteiger partial charge < -0.3 is 16.0 Å². The Morgan fingerprint density at radius 1 is 1.27 bits per heavy atom. The first-order valence-electron chi connectivity index (χ1n) is 6.79. The van der Waals surface area contributed by atoms with Crippen LogP contribution in [0.15, 0.2) is 42.5 Å². The molecule has 0 saturated heterocycles. The Balaban J connectivity index is 2.04. The number of hydrogen-bond acceptors (Lipinski definition) is 3. The zero-order valence-electron chi connectivity index (χ0n) is 12.1. The van der Waals surface area contributed by atoms with Crippen molar-refractivity contribution < 1.29 is 10.2 Å². The average Bonchev–Trinajstić information content (AvgIpc) is 2.97. The summed E-state index contributed by atoms with van der Waals surface area (Å²) < 4.78 is 0. The Morgan fingerprint density at radius 3 is 2.77 bits per heavy atom. The Bertz CT molecular complexity index is 881. The molecule has 3 rings (SSSR count). The summed E-state index contributed by atoms with van der Waals surface area (Å²) in [4.78, 5) is 19.3. The first-order valence-corrected chi connectivity index (χ1v) is 6.79. The standard InChI is InChI=1S/C16H15N5O/c1-19-16(22)9-6-7-12-13(8-9)21-15(20-12)14(18)10-4-2-3-5-11(10)17/h2-8,18H,17H2,1H3,(H,19,22)(H,20,21)/p+1. The molecule has 0 aliphatic heterocycles. The summed E-state index contributed by atoms with van der Waals surface area (Å²) in [6.45, 7) is 0. The number of nitrogens with two attached hydrogens (primary N) is 2. The van der Waals surface area contributed by atoms with Crippen LogP contribution in [0.3, 0.4) is 0 Å². The van der Waals surface area contributed by atoms with Crippen molar-refractivity contribution in [2.45, 2.75) is 0 Å². The van der Waals surface area contributed by atoms with Gasteiger partial charge in [0, 0.05) is 18.3 Å². The molecule has 2 aromatic carbocycles. The number of hydrogen-bond donors (Lipinski definition) is 4. The van der Waals surface area contributed by atoms with E-state index in [9.17, 15) is 4.79 Å². The first-order chi connectivity index (χ1) is 10.6. The fraction of sp³-hybridized carbons (Fsp3) is 0.0625. The number of benzene rings is 2. The fourth-order valence-corrected chi connectivity index (χ4v) is 2.29. The maximum Gasteiger partial charge on any atom is 0.251 e. The number of rotatable bonds is 3. The number of nitrogens with one attached hydrogen (secondary N) is 2. The average molecular weight is 294 g/mol. The highest BCUT2D eigenvalue weighted by molar-refractivity contribution is 6.11. The lowest BCUT2D eigenvalue weighted by Gasteiger charge is -1.99. The van der Waals surface area contributed by atoms with Gasteiger partial charge in [0.25, 0.3) is 5.91 Å². The van der Waals surface area contributed by atoms with Crippen molar-refractivity contribution >= 4 is 28.3 Å². The molecule has 22 heavy (non-hydrogen) atoms. The van der Waals surface area contributed by atoms with Crippen LogP contribution in [0.25, 0.3) is 11.0 Å². The van der Waals surface area contributed by atoms with E-state index < -0.39 is 0 Å². The van der Waals surface area contributed by atoms with Crippen LogP contribution >= 0.6 is 0 Å². The smallest absolute Gasteiger partial charge is 0.251 e. The van der Waals surface area contributed by atoms with Gasteiger partial charge in [-0.2, -0.15) is 0 Å². The van der Waals surface area contributed by atoms with Crippen LogP contribution in [0.4, 0.5) is 5.69 Å². The second-order valence-corrected chi connectivity index (χ2v) is 4.90. The lowest BCUT2D eigenvalue weighted by Crippen LogP contribution is -2.42. The second kappa shape index (κ2) is 5.33. The molecule has 0 saturated carbocycles. The quantitative estimate of drug-likeness (QED) is 0.406. The number of para-hydroxylation sites is 1. The molecule has 1 heterocycles. The van der Waals surface area contributed by atoms with E-state index in [2.05, 4.69) is 15.3 Å². The lowest BCUT2D eigenvalue weighted by molar-refractivity contribution is -0.112. The van der Waals surface area contributed by atoms with Crippen LogP contribution in [0, 0.1) is 0 Å². The monoisotopic (exact) mass is 294 g/mol. The Morgan fingerprint density at radius 2 is 2.05 bits per heavy atom. The first kappa shape index (κ1) is 13.8. The molecule has 0 aliphatic carbocycles. The molecule has 0 atom stereocenters. The van der Waals surface area contributed by atoms with Gasteiger partial charge in [-0.05, 0) is 30.3 Å². The van der Waals surface area contributed by atoms with Crippen LogP contribution in [0.5, 0.6) is 0 Å². The third-order valence-corrected chi connectivity index (χ3v) is 3.48. The van der Waals surface area contributed by atoms with Crippen LogP contribution in [0.2, 0.25) is 0 Å². The molecule has 0 spiro atoms. The predicted octanol–water partition coefficient (Wildman–Crippen LogP) is 0.101. The molecule has 1 amide bonds. The predicted molar refractivity (Wildman–Crippen MR) is 85.5 cm³/mol. The summed E-state index contributed by atoms with van der Waals surface area (Å²) in [5.41, 5.74) is 9.77. The van der Waals surface area contributed by atoms with Crippen molar-refractivity contribution in [3.05, 3.63) is 59.4 Å². The summed E-state index contributed by atoms with van der Waals surface area (Å²) in [5.74, 6) is 0.379. The highest BCUT2D eigenvalue weighted by Crippen LogP contribution is 2.17. The zero-order valence-corrected chi connectivity index (χ0v) is 12.1. The van der Waals surface area contributed by atoms with Gasteiger partial charge in [0.1, 0.15) is 0 Å². The molecule has 0 bridgehead atoms. The molecule has 110 valence electrons. The molecule has 0 aliphatic rings. The maximum atomic E-state index is 11.7. The van der Waals surface area contributed by atoms with Crippen molar-refractivity contribution in [2.24, 2.45) is 0 Å². The fourth-order valence-electron chi connectivity index (χ4n) is 2.29. The number of carbonyl (C=O) groups is 1. The Labute approximate surface area is 126 Å². The SMILES string of the molecule is CNC(=O)c1ccc2nc(C(=[NH2+])c3ccccc3N)[nH]c2c1. The van der Waals surface area contributed by atoms with Crippen molar-refractivity contribution in [1.82, 2.24) is 15.3 Å². The van der Waals surface area contributed by atoms with Crippen molar-refractivity contribution in [3.63, 3.8) is 0 Å². The van der Waals surface area contributed by atoms with E-state index >= 15 is 0 Å². The molecule has 0 radical (unpaired) electrons. The highest BCUT2D eigenvalue weighted by Gasteiger charge is 2.18. The number of fused-ring (bicyclic) bond motifs is 1. The van der Waals surface area contributed by atoms with Gasteiger partial charge in [-0.3, -0.25) is 10.2 Å². The molecule has 0 unspecified atom stereocenters. The molecule has 6 N–H and O–H groups in total. The summed E-state index contributed by atoms with van der Waals surface area (Å²) in [5, 5.41) is 8.76. The number of anilines is 1. The van der Waals surface area contributed by atoms with Crippen LogP contribution in [-0.4, -0.2) is 28.6 Å². The van der Waals surface area contributed by atoms with E-state index in [0.29, 0.717) is 22.8 Å². The number of H-pyrrole nitrogens is 1. The maximum absolute atomic E-state index is 11.7. The minimum Gasteiger partial charge on any atom is -0.398 e. The number of nitrogens with zero attached hydrogens (tertiary/aromatic N) is 1. The Hall–Kier alpha value is -3.15. The van der Waals surface area contributed by atoms with Crippen molar-refractivity contribution in [1.29, 1.82) is 0 Å². The van der Waals surface area contributed by atoms with Crippen molar-refractivity contribution in [3.8, 4) is 0 Å². The van der Waals surface area contributed by atoms with E-state index in [1.807, 2.05) is 18.2 Å². The van der Waals surface area contributed by atoms with Gasteiger partial charge >= 0.3 is 0 Å². The summed E-state index contributed by atoms with van der Waals surface area (Å²) >= 11 is 0. The minimum atomic E-state index is -0.151. The number of aromatic amines is 1. The van der Waals surface area contributed by atoms with Gasteiger partial charge in [-0.15, -0.1) is 0 Å². The van der Waals surface area contributed by atoms with Gasteiger partial charge in [-0.1, -0.05) is 12.1 Å². The number of imidazole rings is 1. The van der Waals surface area contributed by atoms with Gasteiger partial charge in [0.2, 0.25) is 11.5 Å². The van der Waals surface area contributed by atoms with E-state index in [0.717, 1.165) is 16.6 Å². The van der Waals surface area contributed by atoms with Crippen molar-refractivity contribution in [2.75, 3.05) is 12.8 Å². The number of aromatic nitrogens is 2. The molecule has 6 nitrogen and oxygen atoms in total. The van der Waals surface area contributed by atoms with E-state index in [-0.39, 0.29) is 5.91 Å². The summed E-state index contributed by atoms with van der Waals surface area (Å²) in [6, 6.07) is 12.6. The van der Waals surface area contributed by atoms with E-state index in [1.165, 1.54) is 0 Å². The number of nitrogen functional groups attached to an aromatic ring is 1. The second-order valence-electron chi connectivity index (χ2n) is 4.90. The zero-order chi connectivity index (χ0) is 15.7. The van der Waals surface area contributed by atoms with E-state index in [4.69, 9.17) is 11.1 Å². The lowest BCUT2D eigenvalue weighted by atomic mass is 10.1. The third kappa shape index (κ3) is 2.31.